The number of ether oxygens (including phenoxy) is 1. The van der Waals surface area contributed by atoms with Crippen LogP contribution in [-0.2, 0) is 14.0 Å². The monoisotopic (exact) mass is 389 g/mol. The number of amides is 1. The first-order valence-corrected chi connectivity index (χ1v) is 11.9. The van der Waals surface area contributed by atoms with Gasteiger partial charge in [0, 0.05) is 0 Å². The van der Waals surface area contributed by atoms with Gasteiger partial charge in [0.05, 0.1) is 32.5 Å². The largest absolute Gasteiger partial charge is 0.442 e. The number of hydroxylamine groups is 2. The molecule has 0 spiro atoms. The van der Waals surface area contributed by atoms with Gasteiger partial charge in [0.1, 0.15) is 5.60 Å². The number of hydrogen-bond acceptors (Lipinski definition) is 6. The van der Waals surface area contributed by atoms with Crippen molar-refractivity contribution >= 4 is 14.4 Å². The predicted molar refractivity (Wildman–Crippen MR) is 102 cm³/mol. The standard InChI is InChI=1S/C18H35NO6Si/c1-17(2,3)25-16(22)19-9-15(21)14(12-23-19)13(10-20)11-24-26(7,8)18(4,5)6/h15,20-21H,9-12H2,1-8H3/b14-13+. The van der Waals surface area contributed by atoms with Crippen molar-refractivity contribution in [2.24, 2.45) is 0 Å². The van der Waals surface area contributed by atoms with E-state index in [1.807, 2.05) is 0 Å². The molecule has 7 nitrogen and oxygen atoms in total. The highest BCUT2D eigenvalue weighted by Crippen LogP contribution is 2.37. The summed E-state index contributed by atoms with van der Waals surface area (Å²) in [4.78, 5) is 17.5. The lowest BCUT2D eigenvalue weighted by Crippen LogP contribution is -2.47. The van der Waals surface area contributed by atoms with Crippen LogP contribution in [0.2, 0.25) is 18.1 Å². The molecule has 1 saturated heterocycles. The molecule has 1 rings (SSSR count). The van der Waals surface area contributed by atoms with Crippen molar-refractivity contribution in [1.29, 1.82) is 0 Å². The Kier molecular flexibility index (Phi) is 7.46. The van der Waals surface area contributed by atoms with E-state index in [1.165, 1.54) is 0 Å². The number of aliphatic hydroxyl groups is 2. The van der Waals surface area contributed by atoms with Crippen LogP contribution < -0.4 is 0 Å². The molecule has 1 aliphatic heterocycles. The summed E-state index contributed by atoms with van der Waals surface area (Å²) in [6.07, 6.45) is -1.57. The molecule has 1 atom stereocenters. The number of carbonyl (C=O) groups is 1. The van der Waals surface area contributed by atoms with Crippen LogP contribution in [0.15, 0.2) is 11.1 Å². The summed E-state index contributed by atoms with van der Waals surface area (Å²) in [5.41, 5.74) is 0.520. The summed E-state index contributed by atoms with van der Waals surface area (Å²) < 4.78 is 11.4. The van der Waals surface area contributed by atoms with Crippen LogP contribution in [0.4, 0.5) is 4.79 Å². The van der Waals surface area contributed by atoms with E-state index in [9.17, 15) is 15.0 Å². The first-order chi connectivity index (χ1) is 11.7. The molecule has 0 aromatic heterocycles. The third kappa shape index (κ3) is 6.35. The second-order valence-corrected chi connectivity index (χ2v) is 14.0. The minimum atomic E-state index is -1.98. The predicted octanol–water partition coefficient (Wildman–Crippen LogP) is 2.84. The number of aliphatic hydroxyl groups excluding tert-OH is 2. The molecule has 1 amide bonds. The van der Waals surface area contributed by atoms with Crippen molar-refractivity contribution in [2.45, 2.75) is 71.4 Å². The van der Waals surface area contributed by atoms with Gasteiger partial charge in [-0.2, -0.15) is 5.06 Å². The fraction of sp³-hybridized carbons (Fsp3) is 0.833. The molecule has 0 aromatic rings. The molecule has 1 aliphatic rings. The maximum atomic E-state index is 12.1. The summed E-state index contributed by atoms with van der Waals surface area (Å²) in [5, 5.41) is 21.2. The van der Waals surface area contributed by atoms with E-state index in [0.29, 0.717) is 11.1 Å². The van der Waals surface area contributed by atoms with E-state index >= 15 is 0 Å². The van der Waals surface area contributed by atoms with E-state index in [0.717, 1.165) is 5.06 Å². The molecule has 0 bridgehead atoms. The molecule has 0 aromatic carbocycles. The first-order valence-electron chi connectivity index (χ1n) is 8.95. The van der Waals surface area contributed by atoms with E-state index in [-0.39, 0.29) is 31.4 Å². The molecule has 0 saturated carbocycles. The smallest absolute Gasteiger partial charge is 0.434 e. The van der Waals surface area contributed by atoms with Crippen LogP contribution in [0.5, 0.6) is 0 Å². The van der Waals surface area contributed by atoms with Gasteiger partial charge in [-0.15, -0.1) is 0 Å². The number of rotatable bonds is 4. The van der Waals surface area contributed by atoms with E-state index in [2.05, 4.69) is 33.9 Å². The lowest BCUT2D eigenvalue weighted by Gasteiger charge is -2.37. The van der Waals surface area contributed by atoms with Gasteiger partial charge in [0.2, 0.25) is 0 Å². The van der Waals surface area contributed by atoms with Crippen molar-refractivity contribution < 1.29 is 29.0 Å². The van der Waals surface area contributed by atoms with Crippen molar-refractivity contribution in [1.82, 2.24) is 5.06 Å². The summed E-state index contributed by atoms with van der Waals surface area (Å²) in [6, 6.07) is 0. The molecule has 1 heterocycles. The summed E-state index contributed by atoms with van der Waals surface area (Å²) in [6.45, 7) is 16.0. The SMILES string of the molecule is CC(C)(C)OC(=O)N1CC(O)/C(=C(\CO)CO[Si](C)(C)C(C)(C)C)CO1. The van der Waals surface area contributed by atoms with Gasteiger partial charge in [-0.25, -0.2) is 4.79 Å². The van der Waals surface area contributed by atoms with Crippen LogP contribution in [0.1, 0.15) is 41.5 Å². The lowest BCUT2D eigenvalue weighted by molar-refractivity contribution is -0.170. The van der Waals surface area contributed by atoms with Gasteiger partial charge < -0.3 is 19.4 Å². The molecule has 0 aliphatic carbocycles. The Hall–Kier alpha value is -0.933. The lowest BCUT2D eigenvalue weighted by atomic mass is 10.0. The normalized spacial score (nSPS) is 21.6. The average Bonchev–Trinajstić information content (AvgIpc) is 2.46. The maximum absolute atomic E-state index is 12.1. The van der Waals surface area contributed by atoms with E-state index in [4.69, 9.17) is 14.0 Å². The Morgan fingerprint density at radius 3 is 2.27 bits per heavy atom. The highest BCUT2D eigenvalue weighted by Gasteiger charge is 2.38. The van der Waals surface area contributed by atoms with Crippen LogP contribution >= 0.6 is 0 Å². The fourth-order valence-corrected chi connectivity index (χ4v) is 3.03. The number of carbonyl (C=O) groups excluding carboxylic acids is 1. The molecular formula is C18H35NO6Si. The number of β-amino-alcohol motifs (C(OH)–C–C–N with tert-alkyl or cyclic N) is 1. The second kappa shape index (κ2) is 8.39. The Morgan fingerprint density at radius 1 is 1.27 bits per heavy atom. The van der Waals surface area contributed by atoms with Crippen LogP contribution in [0, 0.1) is 0 Å². The van der Waals surface area contributed by atoms with Gasteiger partial charge in [0.25, 0.3) is 0 Å². The molecule has 8 heteroatoms. The highest BCUT2D eigenvalue weighted by molar-refractivity contribution is 6.74. The van der Waals surface area contributed by atoms with Gasteiger partial charge in [-0.1, -0.05) is 20.8 Å². The third-order valence-corrected chi connectivity index (χ3v) is 9.25. The minimum Gasteiger partial charge on any atom is -0.442 e. The summed E-state index contributed by atoms with van der Waals surface area (Å²) in [5.74, 6) is 0. The number of nitrogens with zero attached hydrogens (tertiary/aromatic N) is 1. The van der Waals surface area contributed by atoms with Gasteiger partial charge in [-0.3, -0.25) is 4.84 Å². The minimum absolute atomic E-state index is 0.0111. The van der Waals surface area contributed by atoms with Gasteiger partial charge in [0.15, 0.2) is 8.32 Å². The summed E-state index contributed by atoms with van der Waals surface area (Å²) >= 11 is 0. The van der Waals surface area contributed by atoms with Gasteiger partial charge in [-0.05, 0) is 50.0 Å². The first kappa shape index (κ1) is 23.1. The topological polar surface area (TPSA) is 88.5 Å². The Labute approximate surface area is 158 Å². The molecule has 2 N–H and O–H groups in total. The van der Waals surface area contributed by atoms with E-state index < -0.39 is 26.1 Å². The van der Waals surface area contributed by atoms with Crippen molar-refractivity contribution in [2.75, 3.05) is 26.4 Å². The number of hydrogen-bond donors (Lipinski definition) is 2. The maximum Gasteiger partial charge on any atom is 0.434 e. The second-order valence-electron chi connectivity index (χ2n) is 9.17. The van der Waals surface area contributed by atoms with Crippen molar-refractivity contribution in [3.8, 4) is 0 Å². The molecular weight excluding hydrogens is 354 g/mol. The molecule has 152 valence electrons. The highest BCUT2D eigenvalue weighted by atomic mass is 28.4. The van der Waals surface area contributed by atoms with E-state index in [1.54, 1.807) is 20.8 Å². The molecule has 1 unspecified atom stereocenters. The average molecular weight is 390 g/mol. The van der Waals surface area contributed by atoms with Gasteiger partial charge >= 0.3 is 6.09 Å². The molecule has 0 radical (unpaired) electrons. The Bertz CT molecular complexity index is 533. The van der Waals surface area contributed by atoms with Crippen molar-refractivity contribution in [3.63, 3.8) is 0 Å². The Balaban J connectivity index is 2.80. The van der Waals surface area contributed by atoms with Crippen LogP contribution in [-0.4, -0.2) is 67.8 Å². The van der Waals surface area contributed by atoms with Crippen LogP contribution in [0.3, 0.4) is 0 Å². The zero-order valence-corrected chi connectivity index (χ0v) is 18.4. The quantitative estimate of drug-likeness (QED) is 0.568. The van der Waals surface area contributed by atoms with Crippen molar-refractivity contribution in [3.05, 3.63) is 11.1 Å². The molecule has 26 heavy (non-hydrogen) atoms. The summed E-state index contributed by atoms with van der Waals surface area (Å²) in [7, 11) is -1.98. The van der Waals surface area contributed by atoms with Crippen LogP contribution in [0.25, 0.3) is 0 Å². The zero-order valence-electron chi connectivity index (χ0n) is 17.4. The third-order valence-electron chi connectivity index (χ3n) is 4.77. The fourth-order valence-electron chi connectivity index (χ4n) is 2.07. The Morgan fingerprint density at radius 2 is 1.85 bits per heavy atom. The molecule has 1 fully saturated rings. The zero-order chi connectivity index (χ0) is 20.3.